The lowest BCUT2D eigenvalue weighted by Gasteiger charge is -2.06. The lowest BCUT2D eigenvalue weighted by molar-refractivity contribution is 0.318. The molecule has 0 atom stereocenters. The van der Waals surface area contributed by atoms with Crippen LogP contribution in [0.25, 0.3) is 28.1 Å². The Labute approximate surface area is 136 Å². The minimum atomic E-state index is 0.109. The first-order valence-electron chi connectivity index (χ1n) is 7.44. The summed E-state index contributed by atoms with van der Waals surface area (Å²) in [6.07, 6.45) is 1.53. The van der Waals surface area contributed by atoms with Crippen LogP contribution in [0.4, 0.5) is 0 Å². The van der Waals surface area contributed by atoms with Gasteiger partial charge in [-0.2, -0.15) is 0 Å². The summed E-state index contributed by atoms with van der Waals surface area (Å²) in [7, 11) is 0. The van der Waals surface area contributed by atoms with E-state index in [-0.39, 0.29) is 5.75 Å². The molecule has 0 aliphatic carbocycles. The van der Waals surface area contributed by atoms with Crippen LogP contribution in [0.15, 0.2) is 42.7 Å². The Balaban J connectivity index is 1.76. The van der Waals surface area contributed by atoms with Crippen molar-refractivity contribution in [2.24, 2.45) is 0 Å². The number of aromatic hydroxyl groups is 1. The number of fused-ring (bicyclic) bond motifs is 1. The molecule has 8 nitrogen and oxygen atoms in total. The number of phenolic OH excluding ortho intramolecular Hbond substituents is 1. The number of rotatable bonds is 4. The summed E-state index contributed by atoms with van der Waals surface area (Å²) in [5, 5.41) is 21.0. The number of tetrazole rings is 1. The second-order valence-electron chi connectivity index (χ2n) is 5.16. The number of ether oxygens (including phenoxy) is 1. The second kappa shape index (κ2) is 5.65. The predicted molar refractivity (Wildman–Crippen MR) is 87.1 cm³/mol. The molecule has 4 rings (SSSR count). The van der Waals surface area contributed by atoms with Gasteiger partial charge in [-0.05, 0) is 53.7 Å². The zero-order chi connectivity index (χ0) is 16.5. The lowest BCUT2D eigenvalue weighted by atomic mass is 10.2. The van der Waals surface area contributed by atoms with Gasteiger partial charge in [0.1, 0.15) is 12.2 Å². The average molecular weight is 322 g/mol. The Kier molecular flexibility index (Phi) is 3.34. The third-order valence-corrected chi connectivity index (χ3v) is 3.61. The van der Waals surface area contributed by atoms with Crippen molar-refractivity contribution < 1.29 is 9.84 Å². The molecule has 0 aliphatic rings. The van der Waals surface area contributed by atoms with Crippen LogP contribution >= 0.6 is 0 Å². The van der Waals surface area contributed by atoms with Crippen LogP contribution < -0.4 is 4.74 Å². The Morgan fingerprint density at radius 3 is 2.92 bits per heavy atom. The Morgan fingerprint density at radius 1 is 1.21 bits per heavy atom. The predicted octanol–water partition coefficient (Wildman–Crippen LogP) is 2.31. The minimum absolute atomic E-state index is 0.109. The van der Waals surface area contributed by atoms with Gasteiger partial charge < -0.3 is 14.8 Å². The molecule has 2 heterocycles. The van der Waals surface area contributed by atoms with E-state index in [0.717, 1.165) is 22.3 Å². The molecule has 8 heteroatoms. The molecule has 2 aromatic heterocycles. The first kappa shape index (κ1) is 14.2. The molecular weight excluding hydrogens is 308 g/mol. The lowest BCUT2D eigenvalue weighted by Crippen LogP contribution is -1.94. The minimum Gasteiger partial charge on any atom is -0.504 e. The van der Waals surface area contributed by atoms with Gasteiger partial charge in [0.05, 0.1) is 23.3 Å². The molecule has 0 saturated heterocycles. The Hall–Kier alpha value is -3.42. The first-order valence-corrected chi connectivity index (χ1v) is 7.44. The van der Waals surface area contributed by atoms with E-state index in [1.807, 2.05) is 25.1 Å². The molecule has 4 aromatic rings. The van der Waals surface area contributed by atoms with E-state index in [4.69, 9.17) is 4.74 Å². The number of nitrogens with one attached hydrogen (secondary N) is 1. The molecule has 120 valence electrons. The highest BCUT2D eigenvalue weighted by molar-refractivity contribution is 5.81. The fourth-order valence-electron chi connectivity index (χ4n) is 2.49. The molecule has 0 unspecified atom stereocenters. The van der Waals surface area contributed by atoms with Crippen molar-refractivity contribution in [1.82, 2.24) is 30.2 Å². The highest BCUT2D eigenvalue weighted by Crippen LogP contribution is 2.31. The fourth-order valence-corrected chi connectivity index (χ4v) is 2.49. The van der Waals surface area contributed by atoms with Crippen LogP contribution in [0.5, 0.6) is 11.5 Å². The van der Waals surface area contributed by atoms with Crippen molar-refractivity contribution in [3.63, 3.8) is 0 Å². The number of imidazole rings is 1. The van der Waals surface area contributed by atoms with Gasteiger partial charge in [-0.3, -0.25) is 0 Å². The summed E-state index contributed by atoms with van der Waals surface area (Å²) in [5.41, 5.74) is 3.36. The van der Waals surface area contributed by atoms with E-state index in [9.17, 15) is 5.11 Å². The zero-order valence-electron chi connectivity index (χ0n) is 12.8. The number of hydrogen-bond donors (Lipinski definition) is 2. The molecular formula is C16H14N6O2. The average Bonchev–Trinajstić information content (AvgIpc) is 3.25. The second-order valence-corrected chi connectivity index (χ2v) is 5.16. The summed E-state index contributed by atoms with van der Waals surface area (Å²) in [6.45, 7) is 2.35. The summed E-state index contributed by atoms with van der Waals surface area (Å²) in [4.78, 5) is 7.86. The number of benzene rings is 2. The number of aromatic nitrogens is 6. The van der Waals surface area contributed by atoms with Crippen LogP contribution in [0, 0.1) is 0 Å². The van der Waals surface area contributed by atoms with Crippen molar-refractivity contribution in [3.8, 4) is 28.6 Å². The summed E-state index contributed by atoms with van der Waals surface area (Å²) in [6, 6.07) is 10.9. The van der Waals surface area contributed by atoms with E-state index >= 15 is 0 Å². The molecule has 2 aromatic carbocycles. The van der Waals surface area contributed by atoms with Crippen molar-refractivity contribution in [2.75, 3.05) is 6.61 Å². The van der Waals surface area contributed by atoms with Crippen molar-refractivity contribution in [2.45, 2.75) is 6.92 Å². The summed E-state index contributed by atoms with van der Waals surface area (Å²) in [5.74, 6) is 1.24. The number of aromatic amines is 1. The maximum absolute atomic E-state index is 9.82. The molecule has 0 saturated carbocycles. The maximum atomic E-state index is 9.82. The molecule has 0 aliphatic heterocycles. The van der Waals surface area contributed by atoms with Gasteiger partial charge >= 0.3 is 0 Å². The first-order chi connectivity index (χ1) is 11.7. The number of phenols is 1. The molecule has 0 fully saturated rings. The largest absolute Gasteiger partial charge is 0.504 e. The summed E-state index contributed by atoms with van der Waals surface area (Å²) >= 11 is 0. The fraction of sp³-hybridized carbons (Fsp3) is 0.125. The van der Waals surface area contributed by atoms with Gasteiger partial charge in [0, 0.05) is 5.56 Å². The molecule has 0 radical (unpaired) electrons. The molecule has 0 spiro atoms. The van der Waals surface area contributed by atoms with Crippen LogP contribution in [-0.2, 0) is 0 Å². The number of nitrogens with zero attached hydrogens (tertiary/aromatic N) is 5. The third-order valence-electron chi connectivity index (χ3n) is 3.61. The van der Waals surface area contributed by atoms with Gasteiger partial charge in [-0.25, -0.2) is 9.67 Å². The number of hydrogen-bond acceptors (Lipinski definition) is 6. The van der Waals surface area contributed by atoms with Crippen LogP contribution in [-0.4, -0.2) is 41.9 Å². The van der Waals surface area contributed by atoms with E-state index in [1.54, 1.807) is 22.9 Å². The summed E-state index contributed by atoms with van der Waals surface area (Å²) < 4.78 is 7.00. The van der Waals surface area contributed by atoms with Gasteiger partial charge in [-0.1, -0.05) is 0 Å². The number of H-pyrrole nitrogens is 1. The maximum Gasteiger partial charge on any atom is 0.161 e. The zero-order valence-corrected chi connectivity index (χ0v) is 12.8. The normalized spacial score (nSPS) is 11.0. The van der Waals surface area contributed by atoms with Crippen LogP contribution in [0.2, 0.25) is 0 Å². The topological polar surface area (TPSA) is 102 Å². The SMILES string of the molecule is CCOc1cc(-c2nc3ccc(-n4cnnn4)cc3[nH]2)ccc1O. The molecule has 0 amide bonds. The molecule has 0 bridgehead atoms. The smallest absolute Gasteiger partial charge is 0.161 e. The van der Waals surface area contributed by atoms with E-state index < -0.39 is 0 Å². The monoisotopic (exact) mass is 322 g/mol. The molecule has 2 N–H and O–H groups in total. The Morgan fingerprint density at radius 2 is 2.12 bits per heavy atom. The quantitative estimate of drug-likeness (QED) is 0.598. The van der Waals surface area contributed by atoms with Crippen LogP contribution in [0.3, 0.4) is 0 Å². The standard InChI is InChI=1S/C16H14N6O2/c1-2-24-15-7-10(3-6-14(15)23)16-18-12-5-4-11(8-13(12)19-16)22-9-17-20-21-22/h3-9,23H,2H2,1H3,(H,18,19). The van der Waals surface area contributed by atoms with Crippen molar-refractivity contribution in [3.05, 3.63) is 42.7 Å². The van der Waals surface area contributed by atoms with Gasteiger partial charge in [0.2, 0.25) is 0 Å². The van der Waals surface area contributed by atoms with E-state index in [1.165, 1.54) is 6.33 Å². The highest BCUT2D eigenvalue weighted by Gasteiger charge is 2.10. The molecule has 24 heavy (non-hydrogen) atoms. The van der Waals surface area contributed by atoms with Crippen molar-refractivity contribution in [1.29, 1.82) is 0 Å². The Bertz CT molecular complexity index is 993. The third kappa shape index (κ3) is 2.43. The van der Waals surface area contributed by atoms with E-state index in [0.29, 0.717) is 18.2 Å². The van der Waals surface area contributed by atoms with E-state index in [2.05, 4.69) is 25.5 Å². The highest BCUT2D eigenvalue weighted by atomic mass is 16.5. The van der Waals surface area contributed by atoms with Gasteiger partial charge in [-0.15, -0.1) is 5.10 Å². The van der Waals surface area contributed by atoms with Crippen molar-refractivity contribution >= 4 is 11.0 Å². The van der Waals surface area contributed by atoms with Gasteiger partial charge in [0.25, 0.3) is 0 Å². The van der Waals surface area contributed by atoms with Crippen LogP contribution in [0.1, 0.15) is 6.92 Å². The van der Waals surface area contributed by atoms with Gasteiger partial charge in [0.15, 0.2) is 11.5 Å².